The quantitative estimate of drug-likeness (QED) is 0.844. The Labute approximate surface area is 126 Å². The minimum Gasteiger partial charge on any atom is -0.496 e. The number of ether oxygens (including phenoxy) is 1. The lowest BCUT2D eigenvalue weighted by atomic mass is 10.1. The Morgan fingerprint density at radius 3 is 2.43 bits per heavy atom. The molecule has 21 heavy (non-hydrogen) atoms. The van der Waals surface area contributed by atoms with Gasteiger partial charge in [0.2, 0.25) is 10.0 Å². The van der Waals surface area contributed by atoms with Crippen LogP contribution in [0.2, 0.25) is 0 Å². The lowest BCUT2D eigenvalue weighted by Gasteiger charge is -2.34. The first-order valence-corrected chi connectivity index (χ1v) is 8.82. The molecule has 1 heterocycles. The van der Waals surface area contributed by atoms with Crippen LogP contribution < -0.4 is 10.5 Å². The third-order valence-corrected chi connectivity index (χ3v) is 5.10. The summed E-state index contributed by atoms with van der Waals surface area (Å²) in [6.07, 6.45) is 1.25. The topological polar surface area (TPSA) is 75.9 Å². The largest absolute Gasteiger partial charge is 0.496 e. The summed E-state index contributed by atoms with van der Waals surface area (Å²) in [5.41, 5.74) is 7.25. The van der Waals surface area contributed by atoms with Crippen molar-refractivity contribution < 1.29 is 13.2 Å². The Kier molecular flexibility index (Phi) is 5.21. The number of hydrogen-bond acceptors (Lipinski definition) is 5. The van der Waals surface area contributed by atoms with Gasteiger partial charge in [-0.05, 0) is 6.07 Å². The number of para-hydroxylation sites is 1. The number of rotatable bonds is 5. The molecule has 0 aromatic heterocycles. The van der Waals surface area contributed by atoms with E-state index in [9.17, 15) is 8.42 Å². The standard InChI is InChI=1S/C14H23N3O3S/c1-20-14-6-4-3-5-12(14)13(15)11-16-7-9-17(10-8-16)21(2,18)19/h3-6,13H,7-11,15H2,1-2H3. The number of methoxy groups -OCH3 is 1. The molecular weight excluding hydrogens is 290 g/mol. The fraction of sp³-hybridized carbons (Fsp3) is 0.571. The van der Waals surface area contributed by atoms with E-state index in [0.29, 0.717) is 32.7 Å². The monoisotopic (exact) mass is 313 g/mol. The molecule has 1 aromatic carbocycles. The molecule has 0 saturated carbocycles. The van der Waals surface area contributed by atoms with Crippen LogP contribution in [0.4, 0.5) is 0 Å². The molecule has 2 N–H and O–H groups in total. The zero-order valence-electron chi connectivity index (χ0n) is 12.5. The molecule has 2 rings (SSSR count). The van der Waals surface area contributed by atoms with Crippen LogP contribution in [0.5, 0.6) is 5.75 Å². The van der Waals surface area contributed by atoms with Gasteiger partial charge in [0.15, 0.2) is 0 Å². The fourth-order valence-electron chi connectivity index (χ4n) is 2.59. The van der Waals surface area contributed by atoms with Gasteiger partial charge >= 0.3 is 0 Å². The second-order valence-electron chi connectivity index (χ2n) is 5.31. The van der Waals surface area contributed by atoms with E-state index in [1.807, 2.05) is 24.3 Å². The molecule has 0 aliphatic carbocycles. The van der Waals surface area contributed by atoms with Crippen molar-refractivity contribution in [3.63, 3.8) is 0 Å². The Morgan fingerprint density at radius 1 is 1.24 bits per heavy atom. The van der Waals surface area contributed by atoms with Gasteiger partial charge in [0.05, 0.1) is 13.4 Å². The molecule has 1 saturated heterocycles. The maximum absolute atomic E-state index is 11.5. The molecule has 7 heteroatoms. The first kappa shape index (κ1) is 16.2. The lowest BCUT2D eigenvalue weighted by Crippen LogP contribution is -2.49. The van der Waals surface area contributed by atoms with Gasteiger partial charge in [-0.1, -0.05) is 18.2 Å². The zero-order valence-corrected chi connectivity index (χ0v) is 13.3. The number of sulfonamides is 1. The third-order valence-electron chi connectivity index (χ3n) is 3.79. The van der Waals surface area contributed by atoms with Crippen LogP contribution in [0.1, 0.15) is 11.6 Å². The van der Waals surface area contributed by atoms with Gasteiger partial charge in [-0.25, -0.2) is 8.42 Å². The van der Waals surface area contributed by atoms with Crippen LogP contribution in [0.3, 0.4) is 0 Å². The van der Waals surface area contributed by atoms with Crippen molar-refractivity contribution in [1.29, 1.82) is 0 Å². The Morgan fingerprint density at radius 2 is 1.86 bits per heavy atom. The molecule has 1 aromatic rings. The highest BCUT2D eigenvalue weighted by Crippen LogP contribution is 2.24. The van der Waals surface area contributed by atoms with Gasteiger partial charge < -0.3 is 10.5 Å². The van der Waals surface area contributed by atoms with Crippen molar-refractivity contribution in [2.75, 3.05) is 46.1 Å². The van der Waals surface area contributed by atoms with E-state index in [1.165, 1.54) is 10.6 Å². The average molecular weight is 313 g/mol. The smallest absolute Gasteiger partial charge is 0.211 e. The van der Waals surface area contributed by atoms with Crippen LogP contribution >= 0.6 is 0 Å². The Hall–Kier alpha value is -1.15. The predicted molar refractivity (Wildman–Crippen MR) is 82.8 cm³/mol. The van der Waals surface area contributed by atoms with Gasteiger partial charge in [-0.15, -0.1) is 0 Å². The van der Waals surface area contributed by atoms with Gasteiger partial charge in [0.1, 0.15) is 5.75 Å². The number of benzene rings is 1. The summed E-state index contributed by atoms with van der Waals surface area (Å²) in [6.45, 7) is 3.15. The highest BCUT2D eigenvalue weighted by Gasteiger charge is 2.25. The van der Waals surface area contributed by atoms with Crippen LogP contribution in [-0.2, 0) is 10.0 Å². The summed E-state index contributed by atoms with van der Waals surface area (Å²) in [6, 6.07) is 7.58. The van der Waals surface area contributed by atoms with E-state index in [2.05, 4.69) is 4.90 Å². The molecule has 1 fully saturated rings. The van der Waals surface area contributed by atoms with Crippen LogP contribution in [-0.4, -0.2) is 63.7 Å². The molecule has 1 aliphatic rings. The van der Waals surface area contributed by atoms with E-state index in [-0.39, 0.29) is 6.04 Å². The van der Waals surface area contributed by atoms with E-state index < -0.39 is 10.0 Å². The second kappa shape index (κ2) is 6.74. The van der Waals surface area contributed by atoms with Crippen molar-refractivity contribution in [3.8, 4) is 5.75 Å². The summed E-state index contributed by atoms with van der Waals surface area (Å²) in [7, 11) is -1.45. The highest BCUT2D eigenvalue weighted by atomic mass is 32.2. The number of hydrogen-bond donors (Lipinski definition) is 1. The maximum atomic E-state index is 11.5. The first-order chi connectivity index (χ1) is 9.91. The minimum absolute atomic E-state index is 0.147. The van der Waals surface area contributed by atoms with Crippen molar-refractivity contribution in [2.24, 2.45) is 5.73 Å². The van der Waals surface area contributed by atoms with Crippen molar-refractivity contribution >= 4 is 10.0 Å². The summed E-state index contributed by atoms with van der Waals surface area (Å²) >= 11 is 0. The van der Waals surface area contributed by atoms with Crippen LogP contribution in [0, 0.1) is 0 Å². The summed E-state index contributed by atoms with van der Waals surface area (Å²) in [4.78, 5) is 2.19. The van der Waals surface area contributed by atoms with Gasteiger partial charge in [0.25, 0.3) is 0 Å². The van der Waals surface area contributed by atoms with E-state index in [4.69, 9.17) is 10.5 Å². The van der Waals surface area contributed by atoms with Crippen LogP contribution in [0.15, 0.2) is 24.3 Å². The van der Waals surface area contributed by atoms with E-state index in [0.717, 1.165) is 11.3 Å². The van der Waals surface area contributed by atoms with Gasteiger partial charge in [-0.3, -0.25) is 4.90 Å². The summed E-state index contributed by atoms with van der Waals surface area (Å²) < 4.78 is 29.8. The fourth-order valence-corrected chi connectivity index (χ4v) is 3.42. The molecule has 0 amide bonds. The highest BCUT2D eigenvalue weighted by molar-refractivity contribution is 7.88. The first-order valence-electron chi connectivity index (χ1n) is 6.98. The molecule has 0 radical (unpaired) electrons. The third kappa shape index (κ3) is 4.16. The Balaban J connectivity index is 1.94. The molecule has 1 atom stereocenters. The molecule has 1 unspecified atom stereocenters. The zero-order chi connectivity index (χ0) is 15.5. The van der Waals surface area contributed by atoms with Gasteiger partial charge in [-0.2, -0.15) is 4.31 Å². The molecule has 0 spiro atoms. The predicted octanol–water partition coefficient (Wildman–Crippen LogP) is 0.272. The summed E-state index contributed by atoms with van der Waals surface area (Å²) in [5, 5.41) is 0. The van der Waals surface area contributed by atoms with Crippen LogP contribution in [0.25, 0.3) is 0 Å². The normalized spacial score (nSPS) is 19.4. The summed E-state index contributed by atoms with van der Waals surface area (Å²) in [5.74, 6) is 0.791. The SMILES string of the molecule is COc1ccccc1C(N)CN1CCN(S(C)(=O)=O)CC1. The second-order valence-corrected chi connectivity index (χ2v) is 7.29. The minimum atomic E-state index is -3.09. The van der Waals surface area contributed by atoms with Gasteiger partial charge in [0, 0.05) is 44.3 Å². The van der Waals surface area contributed by atoms with Crippen molar-refractivity contribution in [1.82, 2.24) is 9.21 Å². The number of nitrogens with two attached hydrogens (primary N) is 1. The molecule has 1 aliphatic heterocycles. The Bertz CT molecular complexity index is 569. The van der Waals surface area contributed by atoms with Crippen molar-refractivity contribution in [2.45, 2.75) is 6.04 Å². The number of nitrogens with zero attached hydrogens (tertiary/aromatic N) is 2. The van der Waals surface area contributed by atoms with E-state index >= 15 is 0 Å². The molecule has 0 bridgehead atoms. The number of piperazine rings is 1. The molecule has 118 valence electrons. The maximum Gasteiger partial charge on any atom is 0.211 e. The molecule has 6 nitrogen and oxygen atoms in total. The molecular formula is C14H23N3O3S. The lowest BCUT2D eigenvalue weighted by molar-refractivity contribution is 0.179. The average Bonchev–Trinajstić information content (AvgIpc) is 2.46. The van der Waals surface area contributed by atoms with Crippen molar-refractivity contribution in [3.05, 3.63) is 29.8 Å². The van der Waals surface area contributed by atoms with E-state index in [1.54, 1.807) is 7.11 Å².